The molecule has 3 rings (SSSR count). The van der Waals surface area contributed by atoms with Crippen molar-refractivity contribution >= 4 is 35.2 Å². The summed E-state index contributed by atoms with van der Waals surface area (Å²) in [6.07, 6.45) is 3.77. The van der Waals surface area contributed by atoms with E-state index in [-0.39, 0.29) is 36.1 Å². The number of carbonyl (C=O) groups is 3. The number of nitrogens with one attached hydrogen (secondary N) is 2. The van der Waals surface area contributed by atoms with Gasteiger partial charge in [0.05, 0.1) is 16.9 Å². The van der Waals surface area contributed by atoms with Crippen LogP contribution in [-0.2, 0) is 14.4 Å². The SMILES string of the molecule is CCCCNC(=O)C1CCC(C)N(C(=O)CC2Sc3ccccc3NC2=O)C1. The molecular formula is C21H29N3O3S. The molecule has 0 spiro atoms. The van der Waals surface area contributed by atoms with Crippen molar-refractivity contribution in [2.75, 3.05) is 18.4 Å². The minimum Gasteiger partial charge on any atom is -0.356 e. The molecule has 0 radical (unpaired) electrons. The van der Waals surface area contributed by atoms with Crippen molar-refractivity contribution in [3.05, 3.63) is 24.3 Å². The lowest BCUT2D eigenvalue weighted by molar-refractivity contribution is -0.139. The summed E-state index contributed by atoms with van der Waals surface area (Å²) >= 11 is 1.44. The van der Waals surface area contributed by atoms with Crippen LogP contribution in [0.25, 0.3) is 0 Å². The van der Waals surface area contributed by atoms with Gasteiger partial charge in [0.25, 0.3) is 0 Å². The van der Waals surface area contributed by atoms with Crippen LogP contribution in [0.1, 0.15) is 46.0 Å². The molecule has 6 nitrogen and oxygen atoms in total. The Morgan fingerprint density at radius 3 is 2.86 bits per heavy atom. The van der Waals surface area contributed by atoms with Crippen LogP contribution in [0.15, 0.2) is 29.2 Å². The number of piperidine rings is 1. The van der Waals surface area contributed by atoms with E-state index < -0.39 is 5.25 Å². The quantitative estimate of drug-likeness (QED) is 0.716. The number of carbonyl (C=O) groups excluding carboxylic acids is 3. The van der Waals surface area contributed by atoms with Crippen LogP contribution in [0.2, 0.25) is 0 Å². The number of thioether (sulfide) groups is 1. The fourth-order valence-corrected chi connectivity index (χ4v) is 4.81. The molecule has 3 unspecified atom stereocenters. The molecule has 3 amide bonds. The maximum Gasteiger partial charge on any atom is 0.238 e. The number of anilines is 1. The number of hydrogen-bond acceptors (Lipinski definition) is 4. The van der Waals surface area contributed by atoms with Gasteiger partial charge in [-0.2, -0.15) is 0 Å². The summed E-state index contributed by atoms with van der Waals surface area (Å²) in [5, 5.41) is 5.44. The van der Waals surface area contributed by atoms with E-state index in [0.29, 0.717) is 13.1 Å². The molecule has 3 atom stereocenters. The molecule has 0 aromatic heterocycles. The molecule has 2 N–H and O–H groups in total. The molecule has 152 valence electrons. The van der Waals surface area contributed by atoms with Crippen LogP contribution < -0.4 is 10.6 Å². The molecule has 1 aromatic rings. The Morgan fingerprint density at radius 2 is 2.07 bits per heavy atom. The molecule has 2 aliphatic rings. The molecule has 28 heavy (non-hydrogen) atoms. The zero-order valence-electron chi connectivity index (χ0n) is 16.6. The summed E-state index contributed by atoms with van der Waals surface area (Å²) in [5.74, 6) is -0.302. The number of unbranched alkanes of at least 4 members (excludes halogenated alkanes) is 1. The zero-order valence-corrected chi connectivity index (χ0v) is 17.4. The topological polar surface area (TPSA) is 78.5 Å². The van der Waals surface area contributed by atoms with Gasteiger partial charge in [-0.1, -0.05) is 25.5 Å². The summed E-state index contributed by atoms with van der Waals surface area (Å²) < 4.78 is 0. The van der Waals surface area contributed by atoms with E-state index in [4.69, 9.17) is 0 Å². The summed E-state index contributed by atoms with van der Waals surface area (Å²) in [4.78, 5) is 40.6. The predicted molar refractivity (Wildman–Crippen MR) is 111 cm³/mol. The third kappa shape index (κ3) is 4.87. The lowest BCUT2D eigenvalue weighted by Gasteiger charge is -2.38. The smallest absolute Gasteiger partial charge is 0.238 e. The number of rotatable bonds is 6. The number of likely N-dealkylation sites (tertiary alicyclic amines) is 1. The zero-order chi connectivity index (χ0) is 20.1. The number of fused-ring (bicyclic) bond motifs is 1. The Bertz CT molecular complexity index is 739. The van der Waals surface area contributed by atoms with E-state index in [0.717, 1.165) is 36.3 Å². The minimum atomic E-state index is -0.437. The number of nitrogens with zero attached hydrogens (tertiary/aromatic N) is 1. The molecule has 7 heteroatoms. The van der Waals surface area contributed by atoms with Crippen molar-refractivity contribution in [1.29, 1.82) is 0 Å². The normalized spacial score (nSPS) is 24.3. The van der Waals surface area contributed by atoms with Gasteiger partial charge in [0.2, 0.25) is 17.7 Å². The average Bonchev–Trinajstić information content (AvgIpc) is 2.69. The highest BCUT2D eigenvalue weighted by Gasteiger charge is 2.35. The van der Waals surface area contributed by atoms with Crippen LogP contribution in [0.3, 0.4) is 0 Å². The van der Waals surface area contributed by atoms with Crippen LogP contribution in [0, 0.1) is 5.92 Å². The van der Waals surface area contributed by atoms with Crippen LogP contribution in [0.4, 0.5) is 5.69 Å². The largest absolute Gasteiger partial charge is 0.356 e. The number of amides is 3. The first kappa shape index (κ1) is 20.7. The Morgan fingerprint density at radius 1 is 1.29 bits per heavy atom. The number of para-hydroxylation sites is 1. The molecule has 2 heterocycles. The summed E-state index contributed by atoms with van der Waals surface area (Å²) in [6.45, 7) is 5.24. The van der Waals surface area contributed by atoms with Crippen LogP contribution in [0.5, 0.6) is 0 Å². The van der Waals surface area contributed by atoms with Crippen molar-refractivity contribution in [1.82, 2.24) is 10.2 Å². The van der Waals surface area contributed by atoms with E-state index in [2.05, 4.69) is 17.6 Å². The predicted octanol–water partition coefficient (Wildman–Crippen LogP) is 3.03. The van der Waals surface area contributed by atoms with E-state index in [1.165, 1.54) is 11.8 Å². The first-order valence-corrected chi connectivity index (χ1v) is 11.0. The van der Waals surface area contributed by atoms with E-state index in [9.17, 15) is 14.4 Å². The third-order valence-electron chi connectivity index (χ3n) is 5.47. The van der Waals surface area contributed by atoms with Gasteiger partial charge in [-0.05, 0) is 38.3 Å². The molecule has 2 aliphatic heterocycles. The van der Waals surface area contributed by atoms with Gasteiger partial charge in [-0.15, -0.1) is 11.8 Å². The molecule has 0 bridgehead atoms. The minimum absolute atomic E-state index is 0.0388. The second kappa shape index (κ2) is 9.45. The molecule has 0 aliphatic carbocycles. The first-order valence-electron chi connectivity index (χ1n) is 10.1. The standard InChI is InChI=1S/C21H29N3O3S/c1-3-4-11-22-20(26)15-10-9-14(2)24(13-15)19(25)12-18-21(27)23-16-7-5-6-8-17(16)28-18/h5-8,14-15,18H,3-4,9-13H2,1-2H3,(H,22,26)(H,23,27). The van der Waals surface area contributed by atoms with Crippen molar-refractivity contribution in [3.8, 4) is 0 Å². The van der Waals surface area contributed by atoms with E-state index >= 15 is 0 Å². The average molecular weight is 404 g/mol. The molecular weight excluding hydrogens is 374 g/mol. The maximum absolute atomic E-state index is 13.0. The summed E-state index contributed by atoms with van der Waals surface area (Å²) in [5.41, 5.74) is 0.802. The van der Waals surface area contributed by atoms with Gasteiger partial charge < -0.3 is 15.5 Å². The molecule has 1 aromatic carbocycles. The maximum atomic E-state index is 13.0. The van der Waals surface area contributed by atoms with E-state index in [1.54, 1.807) is 4.90 Å². The summed E-state index contributed by atoms with van der Waals surface area (Å²) in [6, 6.07) is 7.73. The Hall–Kier alpha value is -2.02. The molecule has 1 saturated heterocycles. The van der Waals surface area contributed by atoms with E-state index in [1.807, 2.05) is 31.2 Å². The van der Waals surface area contributed by atoms with Crippen LogP contribution >= 0.6 is 11.8 Å². The Labute approximate surface area is 170 Å². The highest BCUT2D eigenvalue weighted by Crippen LogP contribution is 2.37. The van der Waals surface area contributed by atoms with Gasteiger partial charge in [0.15, 0.2) is 0 Å². The number of hydrogen-bond donors (Lipinski definition) is 2. The van der Waals surface area contributed by atoms with Crippen LogP contribution in [-0.4, -0.2) is 47.0 Å². The van der Waals surface area contributed by atoms with Gasteiger partial charge in [0, 0.05) is 30.4 Å². The Balaban J connectivity index is 1.59. The second-order valence-corrected chi connectivity index (χ2v) is 8.85. The summed E-state index contributed by atoms with van der Waals surface area (Å²) in [7, 11) is 0. The molecule has 0 saturated carbocycles. The fraction of sp³-hybridized carbons (Fsp3) is 0.571. The highest BCUT2D eigenvalue weighted by molar-refractivity contribution is 8.01. The Kier molecular flexibility index (Phi) is 6.99. The van der Waals surface area contributed by atoms with Crippen molar-refractivity contribution in [2.45, 2.75) is 62.1 Å². The number of benzene rings is 1. The van der Waals surface area contributed by atoms with Gasteiger partial charge >= 0.3 is 0 Å². The second-order valence-electron chi connectivity index (χ2n) is 7.61. The third-order valence-corrected chi connectivity index (χ3v) is 6.74. The van der Waals surface area contributed by atoms with Crippen molar-refractivity contribution in [3.63, 3.8) is 0 Å². The first-order chi connectivity index (χ1) is 13.5. The van der Waals surface area contributed by atoms with Gasteiger partial charge in [-0.25, -0.2) is 0 Å². The van der Waals surface area contributed by atoms with Gasteiger partial charge in [0.1, 0.15) is 0 Å². The molecule has 1 fully saturated rings. The van der Waals surface area contributed by atoms with Crippen molar-refractivity contribution in [2.24, 2.45) is 5.92 Å². The monoisotopic (exact) mass is 403 g/mol. The highest BCUT2D eigenvalue weighted by atomic mass is 32.2. The van der Waals surface area contributed by atoms with Gasteiger partial charge in [-0.3, -0.25) is 14.4 Å². The fourth-order valence-electron chi connectivity index (χ4n) is 3.70. The van der Waals surface area contributed by atoms with Crippen molar-refractivity contribution < 1.29 is 14.4 Å². The lowest BCUT2D eigenvalue weighted by Crippen LogP contribution is -2.50. The lowest BCUT2D eigenvalue weighted by atomic mass is 9.92.